The molecule has 0 spiro atoms. The molecule has 1 aromatic carbocycles. The van der Waals surface area contributed by atoms with Crippen LogP contribution in [-0.2, 0) is 6.42 Å². The van der Waals surface area contributed by atoms with E-state index in [0.29, 0.717) is 12.0 Å². The first-order valence-electron chi connectivity index (χ1n) is 7.22. The van der Waals surface area contributed by atoms with Crippen LogP contribution in [0.1, 0.15) is 45.6 Å². The molecule has 108 valence electrons. The molecule has 0 saturated carbocycles. The lowest BCUT2D eigenvalue weighted by Gasteiger charge is -2.22. The molecular weight excluding hydrogens is 277 g/mol. The Bertz CT molecular complexity index is 377. The van der Waals surface area contributed by atoms with E-state index in [-0.39, 0.29) is 0 Å². The van der Waals surface area contributed by atoms with Crippen molar-refractivity contribution >= 4 is 23.2 Å². The molecule has 1 nitrogen and oxygen atoms in total. The molecule has 1 rings (SSSR count). The van der Waals surface area contributed by atoms with Gasteiger partial charge in [-0.25, -0.2) is 0 Å². The summed E-state index contributed by atoms with van der Waals surface area (Å²) in [6, 6.07) is 6.30. The average Bonchev–Trinajstić information content (AvgIpc) is 2.37. The zero-order valence-corrected chi connectivity index (χ0v) is 13.7. The van der Waals surface area contributed by atoms with Crippen molar-refractivity contribution in [1.82, 2.24) is 5.32 Å². The number of aryl methyl sites for hydroxylation is 1. The van der Waals surface area contributed by atoms with Gasteiger partial charge in [-0.15, -0.1) is 0 Å². The Labute approximate surface area is 127 Å². The molecule has 0 aliphatic rings. The van der Waals surface area contributed by atoms with Crippen LogP contribution in [0, 0.1) is 5.92 Å². The first-order valence-corrected chi connectivity index (χ1v) is 7.97. The van der Waals surface area contributed by atoms with Crippen molar-refractivity contribution in [2.45, 2.75) is 52.5 Å². The Balaban J connectivity index is 2.44. The van der Waals surface area contributed by atoms with E-state index in [0.717, 1.165) is 35.0 Å². The van der Waals surface area contributed by atoms with Gasteiger partial charge in [-0.05, 0) is 61.9 Å². The molecule has 0 radical (unpaired) electrons. The third-order valence-corrected chi connectivity index (χ3v) is 4.03. The standard InChI is InChI=1S/C16H25Cl2N/c1-4-10-19-16(12(2)3)7-5-6-13-11-14(17)8-9-15(13)18/h8-9,11-12,16,19H,4-7,10H2,1-3H3. The van der Waals surface area contributed by atoms with Gasteiger partial charge in [0, 0.05) is 16.1 Å². The van der Waals surface area contributed by atoms with E-state index in [1.54, 1.807) is 0 Å². The van der Waals surface area contributed by atoms with Crippen LogP contribution in [0.4, 0.5) is 0 Å². The van der Waals surface area contributed by atoms with Gasteiger partial charge < -0.3 is 5.32 Å². The Morgan fingerprint density at radius 1 is 1.21 bits per heavy atom. The summed E-state index contributed by atoms with van der Waals surface area (Å²) < 4.78 is 0. The lowest BCUT2D eigenvalue weighted by molar-refractivity contribution is 0.370. The summed E-state index contributed by atoms with van der Waals surface area (Å²) in [5.41, 5.74) is 1.16. The smallest absolute Gasteiger partial charge is 0.0439 e. The molecule has 0 fully saturated rings. The summed E-state index contributed by atoms with van der Waals surface area (Å²) >= 11 is 12.2. The normalized spacial score (nSPS) is 12.9. The van der Waals surface area contributed by atoms with Crippen LogP contribution in [0.3, 0.4) is 0 Å². The number of hydrogen-bond acceptors (Lipinski definition) is 1. The fourth-order valence-corrected chi connectivity index (χ4v) is 2.65. The van der Waals surface area contributed by atoms with Crippen LogP contribution >= 0.6 is 23.2 Å². The molecule has 0 aromatic heterocycles. The topological polar surface area (TPSA) is 12.0 Å². The highest BCUT2D eigenvalue weighted by Gasteiger charge is 2.12. The lowest BCUT2D eigenvalue weighted by atomic mass is 9.96. The minimum atomic E-state index is 0.595. The van der Waals surface area contributed by atoms with Gasteiger partial charge in [0.2, 0.25) is 0 Å². The molecule has 0 aliphatic heterocycles. The van der Waals surface area contributed by atoms with Crippen molar-refractivity contribution in [3.8, 4) is 0 Å². The molecule has 0 amide bonds. The van der Waals surface area contributed by atoms with Gasteiger partial charge in [0.15, 0.2) is 0 Å². The second-order valence-corrected chi connectivity index (χ2v) is 6.28. The zero-order chi connectivity index (χ0) is 14.3. The maximum absolute atomic E-state index is 6.18. The summed E-state index contributed by atoms with van der Waals surface area (Å²) in [4.78, 5) is 0. The molecule has 19 heavy (non-hydrogen) atoms. The van der Waals surface area contributed by atoms with Gasteiger partial charge in [0.25, 0.3) is 0 Å². The van der Waals surface area contributed by atoms with E-state index in [1.165, 1.54) is 12.8 Å². The highest BCUT2D eigenvalue weighted by atomic mass is 35.5. The molecule has 1 N–H and O–H groups in total. The number of benzene rings is 1. The predicted octanol–water partition coefficient (Wildman–Crippen LogP) is 5.34. The molecular formula is C16H25Cl2N. The Morgan fingerprint density at radius 3 is 2.58 bits per heavy atom. The number of hydrogen-bond donors (Lipinski definition) is 1. The Hall–Kier alpha value is -0.240. The summed E-state index contributed by atoms with van der Waals surface area (Å²) in [6.07, 6.45) is 4.50. The van der Waals surface area contributed by atoms with Crippen molar-refractivity contribution in [1.29, 1.82) is 0 Å². The van der Waals surface area contributed by atoms with Crippen molar-refractivity contribution in [2.24, 2.45) is 5.92 Å². The number of nitrogens with one attached hydrogen (secondary N) is 1. The minimum Gasteiger partial charge on any atom is -0.314 e. The van der Waals surface area contributed by atoms with Gasteiger partial charge in [-0.1, -0.05) is 44.0 Å². The van der Waals surface area contributed by atoms with Gasteiger partial charge in [0.1, 0.15) is 0 Å². The highest BCUT2D eigenvalue weighted by Crippen LogP contribution is 2.23. The third kappa shape index (κ3) is 6.16. The van der Waals surface area contributed by atoms with Crippen LogP contribution in [-0.4, -0.2) is 12.6 Å². The van der Waals surface area contributed by atoms with Crippen molar-refractivity contribution < 1.29 is 0 Å². The van der Waals surface area contributed by atoms with Gasteiger partial charge >= 0.3 is 0 Å². The van der Waals surface area contributed by atoms with Crippen LogP contribution in [0.25, 0.3) is 0 Å². The minimum absolute atomic E-state index is 0.595. The SMILES string of the molecule is CCCNC(CCCc1cc(Cl)ccc1Cl)C(C)C. The van der Waals surface area contributed by atoms with Crippen LogP contribution < -0.4 is 5.32 Å². The summed E-state index contributed by atoms with van der Waals surface area (Å²) in [5.74, 6) is 0.668. The molecule has 0 heterocycles. The van der Waals surface area contributed by atoms with E-state index < -0.39 is 0 Å². The second-order valence-electron chi connectivity index (χ2n) is 5.43. The monoisotopic (exact) mass is 301 g/mol. The summed E-state index contributed by atoms with van der Waals surface area (Å²) in [7, 11) is 0. The van der Waals surface area contributed by atoms with Crippen molar-refractivity contribution in [3.63, 3.8) is 0 Å². The summed E-state index contributed by atoms with van der Waals surface area (Å²) in [5, 5.41) is 5.22. The van der Waals surface area contributed by atoms with Crippen LogP contribution in [0.5, 0.6) is 0 Å². The maximum Gasteiger partial charge on any atom is 0.0439 e. The molecule has 0 saturated heterocycles. The largest absolute Gasteiger partial charge is 0.314 e. The van der Waals surface area contributed by atoms with Gasteiger partial charge in [-0.2, -0.15) is 0 Å². The van der Waals surface area contributed by atoms with E-state index in [1.807, 2.05) is 18.2 Å². The highest BCUT2D eigenvalue weighted by molar-refractivity contribution is 6.33. The van der Waals surface area contributed by atoms with E-state index >= 15 is 0 Å². The number of rotatable bonds is 8. The molecule has 0 aliphatic carbocycles. The lowest BCUT2D eigenvalue weighted by Crippen LogP contribution is -2.34. The van der Waals surface area contributed by atoms with Gasteiger partial charge in [-0.3, -0.25) is 0 Å². The van der Waals surface area contributed by atoms with E-state index in [9.17, 15) is 0 Å². The van der Waals surface area contributed by atoms with Crippen LogP contribution in [0.15, 0.2) is 18.2 Å². The molecule has 1 atom stereocenters. The Morgan fingerprint density at radius 2 is 1.95 bits per heavy atom. The van der Waals surface area contributed by atoms with Crippen LogP contribution in [0.2, 0.25) is 10.0 Å². The fraction of sp³-hybridized carbons (Fsp3) is 0.625. The van der Waals surface area contributed by atoms with Crippen molar-refractivity contribution in [3.05, 3.63) is 33.8 Å². The average molecular weight is 302 g/mol. The predicted molar refractivity (Wildman–Crippen MR) is 86.3 cm³/mol. The third-order valence-electron chi connectivity index (χ3n) is 3.43. The molecule has 3 heteroatoms. The Kier molecular flexibility index (Phi) is 7.82. The maximum atomic E-state index is 6.18. The van der Waals surface area contributed by atoms with Crippen molar-refractivity contribution in [2.75, 3.05) is 6.54 Å². The second kappa shape index (κ2) is 8.84. The van der Waals surface area contributed by atoms with E-state index in [4.69, 9.17) is 23.2 Å². The molecule has 0 bridgehead atoms. The van der Waals surface area contributed by atoms with Gasteiger partial charge in [0.05, 0.1) is 0 Å². The fourth-order valence-electron chi connectivity index (χ4n) is 2.25. The first-order chi connectivity index (χ1) is 9.04. The zero-order valence-electron chi connectivity index (χ0n) is 12.2. The molecule has 1 aromatic rings. The summed E-state index contributed by atoms with van der Waals surface area (Å²) in [6.45, 7) is 7.86. The molecule has 1 unspecified atom stereocenters. The first kappa shape index (κ1) is 16.8. The quantitative estimate of drug-likeness (QED) is 0.683. The number of halogens is 2. The van der Waals surface area contributed by atoms with E-state index in [2.05, 4.69) is 26.1 Å².